The quantitative estimate of drug-likeness (QED) is 0.741. The minimum Gasteiger partial charge on any atom is -0.322 e. The summed E-state index contributed by atoms with van der Waals surface area (Å²) in [6, 6.07) is 11.5. The van der Waals surface area contributed by atoms with E-state index < -0.39 is 5.91 Å². The Labute approximate surface area is 170 Å². The van der Waals surface area contributed by atoms with E-state index in [0.29, 0.717) is 11.3 Å². The largest absolute Gasteiger partial charge is 0.322 e. The number of nitrogens with one attached hydrogen (secondary N) is 1. The number of amides is 1. The molecule has 4 rings (SSSR count). The summed E-state index contributed by atoms with van der Waals surface area (Å²) < 4.78 is 1.41. The maximum absolute atomic E-state index is 12.7. The van der Waals surface area contributed by atoms with Gasteiger partial charge in [-0.05, 0) is 68.1 Å². The summed E-state index contributed by atoms with van der Waals surface area (Å²) in [7, 11) is 0. The van der Waals surface area contributed by atoms with Gasteiger partial charge in [0.2, 0.25) is 0 Å². The zero-order valence-corrected chi connectivity index (χ0v) is 16.9. The standard InChI is InChI=1S/C23H26N4O2/c1-16-8-11-26(12-9-16)15-18-6-3-7-19(13-18)25-22(28)20-14-24-21-17(2)5-4-10-27(21)23(20)29/h3-7,10,13-14,16H,8-9,11-12,15H2,1-2H3,(H,25,28). The molecule has 29 heavy (non-hydrogen) atoms. The molecule has 3 heterocycles. The monoisotopic (exact) mass is 390 g/mol. The van der Waals surface area contributed by atoms with Crippen LogP contribution in [-0.2, 0) is 6.54 Å². The maximum atomic E-state index is 12.7. The predicted molar refractivity (Wildman–Crippen MR) is 114 cm³/mol. The van der Waals surface area contributed by atoms with Crippen LogP contribution in [0.2, 0.25) is 0 Å². The van der Waals surface area contributed by atoms with Crippen molar-refractivity contribution in [3.63, 3.8) is 0 Å². The fourth-order valence-electron chi connectivity index (χ4n) is 3.83. The summed E-state index contributed by atoms with van der Waals surface area (Å²) in [5, 5.41) is 2.85. The van der Waals surface area contributed by atoms with Crippen LogP contribution in [0.1, 0.15) is 41.3 Å². The molecule has 3 aromatic rings. The maximum Gasteiger partial charge on any atom is 0.270 e. The zero-order chi connectivity index (χ0) is 20.4. The highest BCUT2D eigenvalue weighted by atomic mass is 16.2. The number of nitrogens with zero attached hydrogens (tertiary/aromatic N) is 3. The van der Waals surface area contributed by atoms with E-state index >= 15 is 0 Å². The van der Waals surface area contributed by atoms with Crippen molar-refractivity contribution in [3.8, 4) is 0 Å². The lowest BCUT2D eigenvalue weighted by Crippen LogP contribution is -2.32. The molecule has 1 saturated heterocycles. The molecule has 1 aliphatic heterocycles. The fraction of sp³-hybridized carbons (Fsp3) is 0.348. The lowest BCUT2D eigenvalue weighted by Gasteiger charge is -2.30. The number of pyridine rings is 1. The molecule has 0 radical (unpaired) electrons. The van der Waals surface area contributed by atoms with Crippen molar-refractivity contribution in [2.24, 2.45) is 5.92 Å². The van der Waals surface area contributed by atoms with E-state index in [-0.39, 0.29) is 11.1 Å². The van der Waals surface area contributed by atoms with Crippen molar-refractivity contribution in [1.82, 2.24) is 14.3 Å². The number of hydrogen-bond donors (Lipinski definition) is 1. The van der Waals surface area contributed by atoms with Gasteiger partial charge in [-0.1, -0.05) is 25.1 Å². The Morgan fingerprint density at radius 3 is 2.79 bits per heavy atom. The number of hydrogen-bond acceptors (Lipinski definition) is 4. The highest BCUT2D eigenvalue weighted by molar-refractivity contribution is 6.04. The van der Waals surface area contributed by atoms with Crippen LogP contribution in [0.15, 0.2) is 53.6 Å². The Balaban J connectivity index is 1.51. The molecule has 6 heteroatoms. The third kappa shape index (κ3) is 4.22. The molecule has 0 spiro atoms. The number of fused-ring (bicyclic) bond motifs is 1. The van der Waals surface area contributed by atoms with E-state index in [1.54, 1.807) is 12.3 Å². The van der Waals surface area contributed by atoms with Gasteiger partial charge in [0.05, 0.1) is 0 Å². The number of aryl methyl sites for hydroxylation is 1. The van der Waals surface area contributed by atoms with Gasteiger partial charge >= 0.3 is 0 Å². The second-order valence-electron chi connectivity index (χ2n) is 7.98. The van der Waals surface area contributed by atoms with E-state index in [0.717, 1.165) is 36.7 Å². The van der Waals surface area contributed by atoms with Crippen LogP contribution in [0.25, 0.3) is 5.65 Å². The second-order valence-corrected chi connectivity index (χ2v) is 7.98. The summed E-state index contributed by atoms with van der Waals surface area (Å²) in [4.78, 5) is 32.2. The van der Waals surface area contributed by atoms with Gasteiger partial charge in [0.1, 0.15) is 11.2 Å². The summed E-state index contributed by atoms with van der Waals surface area (Å²) in [5.41, 5.74) is 2.95. The average Bonchev–Trinajstić information content (AvgIpc) is 2.71. The van der Waals surface area contributed by atoms with Crippen LogP contribution in [0.4, 0.5) is 5.69 Å². The molecular formula is C23H26N4O2. The number of piperidine rings is 1. The van der Waals surface area contributed by atoms with E-state index in [1.807, 2.05) is 31.2 Å². The van der Waals surface area contributed by atoms with Gasteiger partial charge in [0, 0.05) is 24.6 Å². The van der Waals surface area contributed by atoms with E-state index in [2.05, 4.69) is 28.2 Å². The van der Waals surface area contributed by atoms with Crippen molar-refractivity contribution >= 4 is 17.2 Å². The molecule has 6 nitrogen and oxygen atoms in total. The number of carbonyl (C=O) groups is 1. The van der Waals surface area contributed by atoms with Crippen molar-refractivity contribution in [2.75, 3.05) is 18.4 Å². The SMILES string of the molecule is Cc1cccn2c(=O)c(C(=O)Nc3cccc(CN4CCC(C)CC4)c3)cnc12. The van der Waals surface area contributed by atoms with Crippen molar-refractivity contribution in [1.29, 1.82) is 0 Å². The smallest absolute Gasteiger partial charge is 0.270 e. The minimum atomic E-state index is -0.442. The highest BCUT2D eigenvalue weighted by Gasteiger charge is 2.17. The molecule has 0 aliphatic carbocycles. The van der Waals surface area contributed by atoms with E-state index in [4.69, 9.17) is 0 Å². The Hall–Kier alpha value is -2.99. The van der Waals surface area contributed by atoms with Crippen molar-refractivity contribution in [2.45, 2.75) is 33.2 Å². The second kappa shape index (κ2) is 8.17. The molecule has 0 unspecified atom stereocenters. The van der Waals surface area contributed by atoms with Crippen LogP contribution in [-0.4, -0.2) is 33.3 Å². The summed E-state index contributed by atoms with van der Waals surface area (Å²) >= 11 is 0. The molecule has 1 amide bonds. The number of likely N-dealkylation sites (tertiary alicyclic amines) is 1. The normalized spacial score (nSPS) is 15.5. The molecule has 2 aromatic heterocycles. The van der Waals surface area contributed by atoms with Crippen LogP contribution < -0.4 is 10.9 Å². The molecule has 1 aliphatic rings. The Morgan fingerprint density at radius 2 is 2.00 bits per heavy atom. The molecule has 0 saturated carbocycles. The first-order valence-corrected chi connectivity index (χ1v) is 10.1. The number of aromatic nitrogens is 2. The van der Waals surface area contributed by atoms with Crippen LogP contribution in [0.5, 0.6) is 0 Å². The van der Waals surface area contributed by atoms with Gasteiger partial charge in [0.15, 0.2) is 0 Å². The van der Waals surface area contributed by atoms with Crippen LogP contribution in [0, 0.1) is 12.8 Å². The fourth-order valence-corrected chi connectivity index (χ4v) is 3.83. The van der Waals surface area contributed by atoms with Gasteiger partial charge < -0.3 is 5.32 Å². The van der Waals surface area contributed by atoms with Gasteiger partial charge in [-0.3, -0.25) is 18.9 Å². The van der Waals surface area contributed by atoms with Crippen molar-refractivity contribution in [3.05, 3.63) is 75.8 Å². The molecule has 1 aromatic carbocycles. The molecular weight excluding hydrogens is 364 g/mol. The Kier molecular flexibility index (Phi) is 5.45. The van der Waals surface area contributed by atoms with Crippen LogP contribution >= 0.6 is 0 Å². The Morgan fingerprint density at radius 1 is 1.21 bits per heavy atom. The van der Waals surface area contributed by atoms with E-state index in [1.165, 1.54) is 23.4 Å². The summed E-state index contributed by atoms with van der Waals surface area (Å²) in [5.74, 6) is 0.359. The van der Waals surface area contributed by atoms with Crippen molar-refractivity contribution < 1.29 is 4.79 Å². The summed E-state index contributed by atoms with van der Waals surface area (Å²) in [6.45, 7) is 7.28. The van der Waals surface area contributed by atoms with Gasteiger partial charge in [-0.2, -0.15) is 0 Å². The van der Waals surface area contributed by atoms with Gasteiger partial charge in [-0.25, -0.2) is 4.98 Å². The third-order valence-corrected chi connectivity index (χ3v) is 5.64. The number of carbonyl (C=O) groups excluding carboxylic acids is 1. The molecule has 1 N–H and O–H groups in total. The lowest BCUT2D eigenvalue weighted by atomic mass is 9.99. The van der Waals surface area contributed by atoms with Gasteiger partial charge in [-0.15, -0.1) is 0 Å². The highest BCUT2D eigenvalue weighted by Crippen LogP contribution is 2.19. The number of rotatable bonds is 4. The first-order chi connectivity index (χ1) is 14.0. The molecule has 1 fully saturated rings. The third-order valence-electron chi connectivity index (χ3n) is 5.64. The first kappa shape index (κ1) is 19.3. The van der Waals surface area contributed by atoms with E-state index in [9.17, 15) is 9.59 Å². The first-order valence-electron chi connectivity index (χ1n) is 10.1. The predicted octanol–water partition coefficient (Wildman–Crippen LogP) is 3.49. The average molecular weight is 390 g/mol. The topological polar surface area (TPSA) is 66.7 Å². The van der Waals surface area contributed by atoms with Gasteiger partial charge in [0.25, 0.3) is 11.5 Å². The molecule has 0 bridgehead atoms. The number of benzene rings is 1. The minimum absolute atomic E-state index is 0.0310. The molecule has 0 atom stereocenters. The molecule has 150 valence electrons. The lowest BCUT2D eigenvalue weighted by molar-refractivity contribution is 0.102. The number of anilines is 1. The zero-order valence-electron chi connectivity index (χ0n) is 16.9. The van der Waals surface area contributed by atoms with Crippen LogP contribution in [0.3, 0.4) is 0 Å². The Bertz CT molecular complexity index is 1100. The summed E-state index contributed by atoms with van der Waals surface area (Å²) in [6.07, 6.45) is 5.46.